The van der Waals surface area contributed by atoms with Crippen molar-refractivity contribution in [2.45, 2.75) is 27.7 Å². The maximum absolute atomic E-state index is 12.3. The third kappa shape index (κ3) is 3.94. The van der Waals surface area contributed by atoms with Gasteiger partial charge in [0.2, 0.25) is 11.8 Å². The Bertz CT molecular complexity index is 745. The molecule has 0 saturated carbocycles. The normalized spacial score (nSPS) is 11.2. The van der Waals surface area contributed by atoms with Crippen LogP contribution in [0.3, 0.4) is 0 Å². The second-order valence-corrected chi connectivity index (χ2v) is 6.60. The van der Waals surface area contributed by atoms with Crippen LogP contribution in [0.2, 0.25) is 5.02 Å². The zero-order chi connectivity index (χ0) is 17.9. The summed E-state index contributed by atoms with van der Waals surface area (Å²) in [5, 5.41) is 7.07. The van der Waals surface area contributed by atoms with Crippen LogP contribution in [0.15, 0.2) is 28.8 Å². The van der Waals surface area contributed by atoms with Crippen molar-refractivity contribution in [2.75, 3.05) is 11.9 Å². The van der Waals surface area contributed by atoms with E-state index in [4.69, 9.17) is 20.9 Å². The molecule has 7 heteroatoms. The molecule has 0 spiro atoms. The van der Waals surface area contributed by atoms with E-state index in [1.807, 2.05) is 0 Å². The number of rotatable bonds is 4. The van der Waals surface area contributed by atoms with Gasteiger partial charge in [-0.25, -0.2) is 4.79 Å². The van der Waals surface area contributed by atoms with Gasteiger partial charge in [-0.2, -0.15) is 0 Å². The molecule has 0 radical (unpaired) electrons. The Balaban J connectivity index is 2.47. The molecule has 0 unspecified atom stereocenters. The van der Waals surface area contributed by atoms with E-state index in [9.17, 15) is 9.59 Å². The van der Waals surface area contributed by atoms with E-state index >= 15 is 0 Å². The fourth-order valence-corrected chi connectivity index (χ4v) is 1.99. The van der Waals surface area contributed by atoms with Crippen molar-refractivity contribution in [1.29, 1.82) is 0 Å². The summed E-state index contributed by atoms with van der Waals surface area (Å²) >= 11 is 5.88. The number of carbonyl (C=O) groups is 2. The van der Waals surface area contributed by atoms with Gasteiger partial charge in [0.05, 0.1) is 6.61 Å². The molecule has 128 valence electrons. The number of nitrogens with one attached hydrogen (secondary N) is 1. The smallest absolute Gasteiger partial charge is 0.346 e. The highest BCUT2D eigenvalue weighted by atomic mass is 35.5. The first-order valence-electron chi connectivity index (χ1n) is 7.48. The second kappa shape index (κ2) is 7.05. The molecule has 1 N–H and O–H groups in total. The number of hydrogen-bond acceptors (Lipinski definition) is 5. The molecule has 1 heterocycles. The topological polar surface area (TPSA) is 81.4 Å². The van der Waals surface area contributed by atoms with Crippen LogP contribution < -0.4 is 5.32 Å². The molecule has 1 aromatic carbocycles. The number of amides is 1. The second-order valence-electron chi connectivity index (χ2n) is 6.17. The first-order valence-corrected chi connectivity index (χ1v) is 7.86. The largest absolute Gasteiger partial charge is 0.462 e. The lowest BCUT2D eigenvalue weighted by Gasteiger charge is -2.16. The maximum Gasteiger partial charge on any atom is 0.346 e. The maximum atomic E-state index is 12.3. The van der Waals surface area contributed by atoms with Crippen molar-refractivity contribution in [3.8, 4) is 11.3 Å². The van der Waals surface area contributed by atoms with E-state index in [0.29, 0.717) is 10.6 Å². The molecule has 1 aromatic heterocycles. The van der Waals surface area contributed by atoms with E-state index < -0.39 is 11.4 Å². The molecule has 0 aliphatic heterocycles. The number of ether oxygens (including phenoxy) is 1. The Kier molecular flexibility index (Phi) is 5.29. The zero-order valence-corrected chi connectivity index (χ0v) is 14.7. The van der Waals surface area contributed by atoms with Crippen LogP contribution in [-0.2, 0) is 9.53 Å². The molecule has 0 aliphatic rings. The van der Waals surface area contributed by atoms with E-state index in [1.54, 1.807) is 52.0 Å². The number of nitrogens with zero attached hydrogens (tertiary/aromatic N) is 1. The molecule has 1 amide bonds. The van der Waals surface area contributed by atoms with Crippen LogP contribution in [0.25, 0.3) is 11.3 Å². The number of benzene rings is 1. The first-order chi connectivity index (χ1) is 11.2. The van der Waals surface area contributed by atoms with Crippen LogP contribution in [0.1, 0.15) is 38.1 Å². The lowest BCUT2D eigenvalue weighted by Crippen LogP contribution is -2.28. The van der Waals surface area contributed by atoms with Crippen molar-refractivity contribution in [3.63, 3.8) is 0 Å². The Morgan fingerprint density at radius 1 is 1.25 bits per heavy atom. The monoisotopic (exact) mass is 350 g/mol. The third-order valence-electron chi connectivity index (χ3n) is 3.20. The lowest BCUT2D eigenvalue weighted by molar-refractivity contribution is -0.123. The van der Waals surface area contributed by atoms with Gasteiger partial charge in [-0.1, -0.05) is 49.7 Å². The molecule has 2 aromatic rings. The van der Waals surface area contributed by atoms with Gasteiger partial charge < -0.3 is 9.26 Å². The van der Waals surface area contributed by atoms with Crippen LogP contribution >= 0.6 is 11.6 Å². The molecule has 24 heavy (non-hydrogen) atoms. The Morgan fingerprint density at radius 2 is 1.88 bits per heavy atom. The quantitative estimate of drug-likeness (QED) is 0.837. The molecule has 6 nitrogen and oxygen atoms in total. The van der Waals surface area contributed by atoms with Crippen LogP contribution in [0, 0.1) is 5.41 Å². The van der Waals surface area contributed by atoms with Gasteiger partial charge in [-0.3, -0.25) is 10.1 Å². The zero-order valence-electron chi connectivity index (χ0n) is 14.0. The summed E-state index contributed by atoms with van der Waals surface area (Å²) in [5.41, 5.74) is 0.340. The predicted molar refractivity (Wildman–Crippen MR) is 91.0 cm³/mol. The highest BCUT2D eigenvalue weighted by Gasteiger charge is 2.29. The molecular formula is C17H19ClN2O4. The summed E-state index contributed by atoms with van der Waals surface area (Å²) in [5.74, 6) is -0.946. The van der Waals surface area contributed by atoms with Crippen molar-refractivity contribution in [1.82, 2.24) is 5.16 Å². The van der Waals surface area contributed by atoms with Gasteiger partial charge in [0.15, 0.2) is 5.56 Å². The van der Waals surface area contributed by atoms with Gasteiger partial charge in [0.25, 0.3) is 0 Å². The average Bonchev–Trinajstić information content (AvgIpc) is 2.91. The van der Waals surface area contributed by atoms with Gasteiger partial charge in [0, 0.05) is 16.0 Å². The molecule has 0 bridgehead atoms. The number of carbonyl (C=O) groups excluding carboxylic acids is 2. The van der Waals surface area contributed by atoms with E-state index in [1.165, 1.54) is 0 Å². The predicted octanol–water partition coefficient (Wildman–Crippen LogP) is 4.16. The van der Waals surface area contributed by atoms with Gasteiger partial charge in [-0.05, 0) is 19.1 Å². The molecule has 0 fully saturated rings. The van der Waals surface area contributed by atoms with Crippen molar-refractivity contribution >= 4 is 29.4 Å². The highest BCUT2D eigenvalue weighted by Crippen LogP contribution is 2.31. The summed E-state index contributed by atoms with van der Waals surface area (Å²) in [6, 6.07) is 6.76. The molecule has 0 saturated heterocycles. The van der Waals surface area contributed by atoms with Gasteiger partial charge in [-0.15, -0.1) is 0 Å². The number of hydrogen-bond donors (Lipinski definition) is 1. The Hall–Kier alpha value is -2.34. The summed E-state index contributed by atoms with van der Waals surface area (Å²) in [4.78, 5) is 24.5. The van der Waals surface area contributed by atoms with Crippen LogP contribution in [-0.4, -0.2) is 23.6 Å². The molecule has 0 aliphatic carbocycles. The van der Waals surface area contributed by atoms with Crippen LogP contribution in [0.5, 0.6) is 0 Å². The molecule has 2 rings (SSSR count). The minimum atomic E-state index is -0.654. The molecular weight excluding hydrogens is 332 g/mol. The van der Waals surface area contributed by atoms with E-state index in [0.717, 1.165) is 0 Å². The SMILES string of the molecule is CCOC(=O)c1c(-c2ccc(Cl)cc2)noc1NC(=O)C(C)(C)C. The summed E-state index contributed by atoms with van der Waals surface area (Å²) in [6.45, 7) is 7.14. The van der Waals surface area contributed by atoms with E-state index in [2.05, 4.69) is 10.5 Å². The number of esters is 1. The fraction of sp³-hybridized carbons (Fsp3) is 0.353. The van der Waals surface area contributed by atoms with Gasteiger partial charge >= 0.3 is 5.97 Å². The summed E-state index contributed by atoms with van der Waals surface area (Å²) < 4.78 is 10.3. The third-order valence-corrected chi connectivity index (χ3v) is 3.45. The number of halogens is 1. The van der Waals surface area contributed by atoms with Crippen molar-refractivity contribution in [2.24, 2.45) is 5.41 Å². The Labute approximate surface area is 145 Å². The van der Waals surface area contributed by atoms with Crippen LogP contribution in [0.4, 0.5) is 5.88 Å². The summed E-state index contributed by atoms with van der Waals surface area (Å²) in [6.07, 6.45) is 0. The number of anilines is 1. The minimum Gasteiger partial charge on any atom is -0.462 e. The highest BCUT2D eigenvalue weighted by molar-refractivity contribution is 6.30. The minimum absolute atomic E-state index is 0.0293. The van der Waals surface area contributed by atoms with E-state index in [-0.39, 0.29) is 29.7 Å². The Morgan fingerprint density at radius 3 is 2.42 bits per heavy atom. The number of aromatic nitrogens is 1. The standard InChI is InChI=1S/C17H19ClN2O4/c1-5-23-15(21)12-13(10-6-8-11(18)9-7-10)20-24-14(12)19-16(22)17(2,3)4/h6-9H,5H2,1-4H3,(H,19,22). The molecule has 0 atom stereocenters. The summed E-state index contributed by atoms with van der Waals surface area (Å²) in [7, 11) is 0. The van der Waals surface area contributed by atoms with Crippen molar-refractivity contribution < 1.29 is 18.8 Å². The average molecular weight is 351 g/mol. The van der Waals surface area contributed by atoms with Crippen molar-refractivity contribution in [3.05, 3.63) is 34.9 Å². The fourth-order valence-electron chi connectivity index (χ4n) is 1.86. The first kappa shape index (κ1) is 18.0. The van der Waals surface area contributed by atoms with Gasteiger partial charge in [0.1, 0.15) is 5.69 Å². The lowest BCUT2D eigenvalue weighted by atomic mass is 9.95.